The predicted octanol–water partition coefficient (Wildman–Crippen LogP) is 5.91. The van der Waals surface area contributed by atoms with Crippen LogP contribution in [0.3, 0.4) is 0 Å². The van der Waals surface area contributed by atoms with E-state index in [0.29, 0.717) is 41.9 Å². The average Bonchev–Trinajstić information content (AvgIpc) is 3.69. The van der Waals surface area contributed by atoms with Crippen LogP contribution in [0.4, 0.5) is 39.4 Å². The molecule has 3 aromatic rings. The first kappa shape index (κ1) is 32.4. The second-order valence-corrected chi connectivity index (χ2v) is 11.8. The predicted molar refractivity (Wildman–Crippen MR) is 163 cm³/mol. The summed E-state index contributed by atoms with van der Waals surface area (Å²) in [6, 6.07) is 14.5. The second-order valence-electron chi connectivity index (χ2n) is 11.8. The van der Waals surface area contributed by atoms with E-state index < -0.39 is 48.2 Å². The Hall–Kier alpha value is -4.53. The monoisotopic (exact) mass is 655 g/mol. The number of urea groups is 1. The van der Waals surface area contributed by atoms with Gasteiger partial charge in [-0.05, 0) is 78.9 Å². The normalized spacial score (nSPS) is 21.9. The molecular weight excluding hydrogens is 622 g/mol. The van der Waals surface area contributed by atoms with E-state index in [1.54, 1.807) is 42.2 Å². The largest absolute Gasteiger partial charge is 0.408 e. The average molecular weight is 656 g/mol. The summed E-state index contributed by atoms with van der Waals surface area (Å²) in [5.41, 5.74) is 2.74. The molecule has 4 amide bonds. The Balaban J connectivity index is 1.11. The number of hydrogen-bond acceptors (Lipinski definition) is 6. The van der Waals surface area contributed by atoms with Gasteiger partial charge in [-0.15, -0.1) is 0 Å². The molecule has 4 atom stereocenters. The van der Waals surface area contributed by atoms with Gasteiger partial charge < -0.3 is 30.3 Å². The molecule has 0 saturated carbocycles. The van der Waals surface area contributed by atoms with Crippen molar-refractivity contribution in [1.82, 2.24) is 9.80 Å². The quantitative estimate of drug-likeness (QED) is 0.247. The molecule has 14 heteroatoms. The third-order valence-electron chi connectivity index (χ3n) is 8.68. The zero-order valence-corrected chi connectivity index (χ0v) is 25.6. The van der Waals surface area contributed by atoms with Crippen LogP contribution >= 0.6 is 0 Å². The number of ether oxygens (including phenoxy) is 2. The Morgan fingerprint density at radius 1 is 1.00 bits per heavy atom. The topological polar surface area (TPSA) is 112 Å². The van der Waals surface area contributed by atoms with Crippen LogP contribution < -0.4 is 16.0 Å². The van der Waals surface area contributed by atoms with E-state index in [2.05, 4.69) is 16.0 Å². The minimum Gasteiger partial charge on any atom is -0.326 e. The summed E-state index contributed by atoms with van der Waals surface area (Å²) in [6.07, 6.45) is -4.83. The highest BCUT2D eigenvalue weighted by Crippen LogP contribution is 2.56. The molecule has 3 aliphatic heterocycles. The third kappa shape index (κ3) is 6.53. The lowest BCUT2D eigenvalue weighted by atomic mass is 9.93. The summed E-state index contributed by atoms with van der Waals surface area (Å²) in [5, 5.41) is 8.29. The number of nitrogens with one attached hydrogen (secondary N) is 3. The Morgan fingerprint density at radius 2 is 1.68 bits per heavy atom. The van der Waals surface area contributed by atoms with Crippen molar-refractivity contribution in [2.45, 2.75) is 70.1 Å². The molecular formula is C33H33F4N5O5. The van der Waals surface area contributed by atoms with Crippen LogP contribution in [0.1, 0.15) is 43.4 Å². The standard InChI is InChI=1S/C33H33F4N5O5/c1-3-27(43)38-23-5-4-6-24(16-23)39-30(45)40-25-11-12-26-21(15-25)13-14-32(26)29-42(31(46-29)47-32)18-28(44)41(19(2)33(35,36)37)17-20-7-9-22(34)10-8-20/h4-12,15-16,19,29,31H,3,13-14,17-18H2,1-2H3,(H,38,43)(H2,39,40,45)/t19-,29?,31?,32+/m0/s1. The van der Waals surface area contributed by atoms with Crippen molar-refractivity contribution in [2.24, 2.45) is 0 Å². The van der Waals surface area contributed by atoms with E-state index >= 15 is 0 Å². The molecule has 1 spiro atoms. The molecule has 3 heterocycles. The van der Waals surface area contributed by atoms with Gasteiger partial charge in [0.1, 0.15) is 17.5 Å². The summed E-state index contributed by atoms with van der Waals surface area (Å²) in [4.78, 5) is 40.1. The molecule has 0 aromatic heterocycles. The number of aryl methyl sites for hydroxylation is 1. The van der Waals surface area contributed by atoms with Crippen molar-refractivity contribution >= 4 is 34.9 Å². The van der Waals surface area contributed by atoms with E-state index in [-0.39, 0.29) is 19.0 Å². The molecule has 3 saturated heterocycles. The SMILES string of the molecule is CCC(=O)Nc1cccc(NC(=O)Nc2ccc3c(c2)CC[C@@]32OC3OC2N3CC(=O)N(Cc2ccc(F)cc2)[C@@H](C)C(F)(F)F)c1. The molecule has 2 unspecified atom stereocenters. The minimum absolute atomic E-state index is 0.147. The van der Waals surface area contributed by atoms with Crippen LogP contribution in [0, 0.1) is 5.82 Å². The first-order valence-corrected chi connectivity index (χ1v) is 15.2. The van der Waals surface area contributed by atoms with Crippen molar-refractivity contribution in [1.29, 1.82) is 0 Å². The maximum absolute atomic E-state index is 13.8. The Bertz CT molecular complexity index is 1690. The Morgan fingerprint density at radius 3 is 2.36 bits per heavy atom. The molecule has 47 heavy (non-hydrogen) atoms. The van der Waals surface area contributed by atoms with Crippen molar-refractivity contribution in [3.8, 4) is 0 Å². The lowest BCUT2D eigenvalue weighted by molar-refractivity contribution is -0.285. The lowest BCUT2D eigenvalue weighted by Gasteiger charge is -2.41. The van der Waals surface area contributed by atoms with Crippen LogP contribution in [0.25, 0.3) is 0 Å². The van der Waals surface area contributed by atoms with Crippen LogP contribution in [-0.2, 0) is 37.6 Å². The fourth-order valence-corrected chi connectivity index (χ4v) is 6.18. The summed E-state index contributed by atoms with van der Waals surface area (Å²) < 4.78 is 66.8. The maximum Gasteiger partial charge on any atom is 0.408 e. The number of carbonyl (C=O) groups excluding carboxylic acids is 3. The smallest absolute Gasteiger partial charge is 0.326 e. The number of nitrogens with zero attached hydrogens (tertiary/aromatic N) is 2. The van der Waals surface area contributed by atoms with Crippen LogP contribution in [-0.4, -0.2) is 59.1 Å². The molecule has 2 bridgehead atoms. The van der Waals surface area contributed by atoms with Crippen LogP contribution in [0.2, 0.25) is 0 Å². The number of carbonyl (C=O) groups is 3. The van der Waals surface area contributed by atoms with Gasteiger partial charge in [-0.3, -0.25) is 9.59 Å². The van der Waals surface area contributed by atoms with Crippen molar-refractivity contribution in [2.75, 3.05) is 22.5 Å². The van der Waals surface area contributed by atoms with Crippen molar-refractivity contribution in [3.63, 3.8) is 0 Å². The fourth-order valence-electron chi connectivity index (χ4n) is 6.18. The van der Waals surface area contributed by atoms with Gasteiger partial charge in [0.25, 0.3) is 0 Å². The van der Waals surface area contributed by atoms with Crippen molar-refractivity contribution < 1.29 is 41.4 Å². The van der Waals surface area contributed by atoms with Crippen LogP contribution in [0.15, 0.2) is 66.7 Å². The number of anilines is 3. The number of fused-ring (bicyclic) bond motifs is 1. The Kier molecular flexibility index (Phi) is 8.68. The highest BCUT2D eigenvalue weighted by Gasteiger charge is 2.66. The molecule has 3 aromatic carbocycles. The number of alkyl halides is 3. The maximum atomic E-state index is 13.8. The van der Waals surface area contributed by atoms with Gasteiger partial charge >= 0.3 is 12.2 Å². The summed E-state index contributed by atoms with van der Waals surface area (Å²) in [6.45, 7) is 1.95. The van der Waals surface area contributed by atoms with Gasteiger partial charge in [-0.1, -0.05) is 31.2 Å². The van der Waals surface area contributed by atoms with Crippen molar-refractivity contribution in [3.05, 3.63) is 89.2 Å². The van der Waals surface area contributed by atoms with E-state index in [1.807, 2.05) is 12.1 Å². The fraction of sp³-hybridized carbons (Fsp3) is 0.364. The zero-order valence-electron chi connectivity index (χ0n) is 25.6. The van der Waals surface area contributed by atoms with E-state index in [4.69, 9.17) is 9.47 Å². The third-order valence-corrected chi connectivity index (χ3v) is 8.68. The van der Waals surface area contributed by atoms with Gasteiger partial charge in [0.15, 0.2) is 6.23 Å². The summed E-state index contributed by atoms with van der Waals surface area (Å²) in [5.74, 6) is -1.44. The molecule has 3 fully saturated rings. The number of amides is 4. The number of hydrogen-bond donors (Lipinski definition) is 3. The lowest BCUT2D eigenvalue weighted by Crippen LogP contribution is -2.59. The molecule has 0 radical (unpaired) electrons. The highest BCUT2D eigenvalue weighted by atomic mass is 19.4. The van der Waals surface area contributed by atoms with E-state index in [0.717, 1.165) is 35.1 Å². The molecule has 1 aliphatic carbocycles. The van der Waals surface area contributed by atoms with Gasteiger partial charge in [-0.2, -0.15) is 13.2 Å². The minimum atomic E-state index is -4.67. The highest BCUT2D eigenvalue weighted by molar-refractivity contribution is 6.00. The van der Waals surface area contributed by atoms with Gasteiger partial charge in [0, 0.05) is 30.0 Å². The van der Waals surface area contributed by atoms with Gasteiger partial charge in [-0.25, -0.2) is 14.1 Å². The summed E-state index contributed by atoms with van der Waals surface area (Å²) in [7, 11) is 0. The van der Waals surface area contributed by atoms with Gasteiger partial charge in [0.05, 0.1) is 6.54 Å². The number of halogens is 4. The van der Waals surface area contributed by atoms with Crippen LogP contribution in [0.5, 0.6) is 0 Å². The molecule has 248 valence electrons. The van der Waals surface area contributed by atoms with Gasteiger partial charge in [0.2, 0.25) is 18.2 Å². The van der Waals surface area contributed by atoms with E-state index in [9.17, 15) is 31.9 Å². The molecule has 4 aliphatic rings. The summed E-state index contributed by atoms with van der Waals surface area (Å²) >= 11 is 0. The number of benzene rings is 3. The molecule has 10 nitrogen and oxygen atoms in total. The Labute approximate surface area is 268 Å². The number of rotatable bonds is 9. The molecule has 3 N–H and O–H groups in total. The first-order valence-electron chi connectivity index (χ1n) is 15.2. The zero-order chi connectivity index (χ0) is 33.5. The molecule has 7 rings (SSSR count). The first-order chi connectivity index (χ1) is 22.4. The van der Waals surface area contributed by atoms with E-state index in [1.165, 1.54) is 12.1 Å². The second kappa shape index (κ2) is 12.6.